The SMILES string of the molecule is N=C(N)c1ccc(N2CCn3cnnc3C2)c(Cl)c1. The van der Waals surface area contributed by atoms with Crippen LogP contribution in [-0.2, 0) is 13.1 Å². The lowest BCUT2D eigenvalue weighted by Gasteiger charge is -2.29. The summed E-state index contributed by atoms with van der Waals surface area (Å²) in [5, 5.41) is 16.0. The Morgan fingerprint density at radius 2 is 2.21 bits per heavy atom. The van der Waals surface area contributed by atoms with E-state index in [0.29, 0.717) is 17.1 Å². The van der Waals surface area contributed by atoms with Gasteiger partial charge in [0.2, 0.25) is 0 Å². The quantitative estimate of drug-likeness (QED) is 0.638. The topological polar surface area (TPSA) is 83.8 Å². The Morgan fingerprint density at radius 3 is 2.95 bits per heavy atom. The molecule has 1 aromatic heterocycles. The van der Waals surface area contributed by atoms with Gasteiger partial charge in [0.05, 0.1) is 17.3 Å². The van der Waals surface area contributed by atoms with Crippen molar-refractivity contribution >= 4 is 23.1 Å². The summed E-state index contributed by atoms with van der Waals surface area (Å²) in [6.07, 6.45) is 1.74. The largest absolute Gasteiger partial charge is 0.384 e. The standard InChI is InChI=1S/C12H13ClN6/c13-9-5-8(12(14)15)1-2-10(9)18-3-4-19-7-16-17-11(19)6-18/h1-2,5,7H,3-4,6H2,(H3,14,15). The number of nitrogens with one attached hydrogen (secondary N) is 1. The van der Waals surface area contributed by atoms with Crippen molar-refractivity contribution in [1.82, 2.24) is 14.8 Å². The maximum Gasteiger partial charge on any atom is 0.152 e. The molecule has 3 rings (SSSR count). The number of halogens is 1. The predicted molar refractivity (Wildman–Crippen MR) is 73.5 cm³/mol. The maximum absolute atomic E-state index is 7.41. The number of benzene rings is 1. The fraction of sp³-hybridized carbons (Fsp3) is 0.250. The lowest BCUT2D eigenvalue weighted by molar-refractivity contribution is 0.560. The molecule has 2 aromatic rings. The van der Waals surface area contributed by atoms with Gasteiger partial charge < -0.3 is 15.2 Å². The second-order valence-electron chi connectivity index (χ2n) is 4.44. The average Bonchev–Trinajstić information content (AvgIpc) is 2.85. The minimum atomic E-state index is 0.0202. The van der Waals surface area contributed by atoms with Gasteiger partial charge in [-0.05, 0) is 18.2 Å². The van der Waals surface area contributed by atoms with Crippen molar-refractivity contribution in [3.63, 3.8) is 0 Å². The highest BCUT2D eigenvalue weighted by atomic mass is 35.5. The predicted octanol–water partition coefficient (Wildman–Crippen LogP) is 1.24. The van der Waals surface area contributed by atoms with Crippen molar-refractivity contribution in [2.24, 2.45) is 5.73 Å². The van der Waals surface area contributed by atoms with Crippen LogP contribution < -0.4 is 10.6 Å². The fourth-order valence-corrected chi connectivity index (χ4v) is 2.50. The first-order valence-corrected chi connectivity index (χ1v) is 6.28. The molecule has 3 N–H and O–H groups in total. The van der Waals surface area contributed by atoms with Gasteiger partial charge in [0.25, 0.3) is 0 Å². The molecular weight excluding hydrogens is 264 g/mol. The molecular formula is C12H13ClN6. The molecule has 1 aliphatic heterocycles. The molecule has 0 unspecified atom stereocenters. The van der Waals surface area contributed by atoms with E-state index in [4.69, 9.17) is 22.7 Å². The summed E-state index contributed by atoms with van der Waals surface area (Å²) in [5.41, 5.74) is 7.01. The number of amidine groups is 1. The Morgan fingerprint density at radius 1 is 1.37 bits per heavy atom. The minimum absolute atomic E-state index is 0.0202. The third-order valence-electron chi connectivity index (χ3n) is 3.24. The van der Waals surface area contributed by atoms with Crippen LogP contribution in [0.2, 0.25) is 5.02 Å². The number of nitrogens with two attached hydrogens (primary N) is 1. The summed E-state index contributed by atoms with van der Waals surface area (Å²) in [4.78, 5) is 2.15. The van der Waals surface area contributed by atoms with E-state index in [1.165, 1.54) is 0 Å². The summed E-state index contributed by atoms with van der Waals surface area (Å²) in [7, 11) is 0. The second kappa shape index (κ2) is 4.55. The van der Waals surface area contributed by atoms with Gasteiger partial charge in [0, 0.05) is 18.7 Å². The van der Waals surface area contributed by atoms with Crippen molar-refractivity contribution in [3.8, 4) is 0 Å². The zero-order valence-corrected chi connectivity index (χ0v) is 10.9. The van der Waals surface area contributed by atoms with Crippen LogP contribution in [-0.4, -0.2) is 27.1 Å². The normalized spacial score (nSPS) is 14.3. The van der Waals surface area contributed by atoms with Crippen LogP contribution in [0.15, 0.2) is 24.5 Å². The first kappa shape index (κ1) is 12.0. The van der Waals surface area contributed by atoms with Crippen LogP contribution >= 0.6 is 11.6 Å². The van der Waals surface area contributed by atoms with Gasteiger partial charge in [-0.25, -0.2) is 0 Å². The van der Waals surface area contributed by atoms with Crippen LogP contribution in [0.4, 0.5) is 5.69 Å². The van der Waals surface area contributed by atoms with Crippen LogP contribution in [0.1, 0.15) is 11.4 Å². The number of nitrogen functional groups attached to an aromatic ring is 1. The second-order valence-corrected chi connectivity index (χ2v) is 4.85. The zero-order valence-electron chi connectivity index (χ0n) is 10.2. The highest BCUT2D eigenvalue weighted by Gasteiger charge is 2.19. The Hall–Kier alpha value is -2.08. The molecule has 0 aliphatic carbocycles. The van der Waals surface area contributed by atoms with E-state index in [1.807, 2.05) is 16.7 Å². The van der Waals surface area contributed by atoms with Crippen LogP contribution in [0, 0.1) is 5.41 Å². The summed E-state index contributed by atoms with van der Waals surface area (Å²) in [5.74, 6) is 0.949. The summed E-state index contributed by atoms with van der Waals surface area (Å²) < 4.78 is 2.04. The molecule has 0 saturated heterocycles. The van der Waals surface area contributed by atoms with Gasteiger partial charge in [-0.15, -0.1) is 10.2 Å². The number of rotatable bonds is 2. The number of hydrogen-bond acceptors (Lipinski definition) is 4. The number of fused-ring (bicyclic) bond motifs is 1. The van der Waals surface area contributed by atoms with Crippen molar-refractivity contribution in [1.29, 1.82) is 5.41 Å². The van der Waals surface area contributed by atoms with E-state index >= 15 is 0 Å². The molecule has 0 amide bonds. The average molecular weight is 277 g/mol. The number of nitrogens with zero attached hydrogens (tertiary/aromatic N) is 4. The Labute approximate surface area is 115 Å². The van der Waals surface area contributed by atoms with E-state index in [1.54, 1.807) is 12.4 Å². The number of hydrogen-bond donors (Lipinski definition) is 2. The lowest BCUT2D eigenvalue weighted by atomic mass is 10.1. The third-order valence-corrected chi connectivity index (χ3v) is 3.54. The Kier molecular flexibility index (Phi) is 2.87. The molecule has 6 nitrogen and oxygen atoms in total. The fourth-order valence-electron chi connectivity index (χ4n) is 2.20. The van der Waals surface area contributed by atoms with E-state index in [2.05, 4.69) is 15.1 Å². The van der Waals surface area contributed by atoms with Gasteiger partial charge >= 0.3 is 0 Å². The molecule has 0 radical (unpaired) electrons. The smallest absolute Gasteiger partial charge is 0.152 e. The molecule has 0 bridgehead atoms. The maximum atomic E-state index is 7.41. The lowest BCUT2D eigenvalue weighted by Crippen LogP contribution is -2.33. The molecule has 0 atom stereocenters. The van der Waals surface area contributed by atoms with Gasteiger partial charge in [0.1, 0.15) is 12.2 Å². The molecule has 0 spiro atoms. The molecule has 1 aromatic carbocycles. The van der Waals surface area contributed by atoms with Crippen LogP contribution in [0.25, 0.3) is 0 Å². The van der Waals surface area contributed by atoms with Crippen molar-refractivity contribution in [3.05, 3.63) is 40.9 Å². The molecule has 19 heavy (non-hydrogen) atoms. The van der Waals surface area contributed by atoms with Crippen molar-refractivity contribution in [2.45, 2.75) is 13.1 Å². The van der Waals surface area contributed by atoms with Crippen LogP contribution in [0.5, 0.6) is 0 Å². The van der Waals surface area contributed by atoms with Crippen LogP contribution in [0.3, 0.4) is 0 Å². The molecule has 0 fully saturated rings. The molecule has 2 heterocycles. The van der Waals surface area contributed by atoms with Crippen molar-refractivity contribution in [2.75, 3.05) is 11.4 Å². The van der Waals surface area contributed by atoms with Gasteiger partial charge in [-0.2, -0.15) is 0 Å². The zero-order chi connectivity index (χ0) is 13.4. The Bertz CT molecular complexity index is 635. The first-order chi connectivity index (χ1) is 9.15. The molecule has 98 valence electrons. The molecule has 0 saturated carbocycles. The van der Waals surface area contributed by atoms with Gasteiger partial charge in [0.15, 0.2) is 5.82 Å². The number of anilines is 1. The van der Waals surface area contributed by atoms with Gasteiger partial charge in [-0.1, -0.05) is 11.6 Å². The summed E-state index contributed by atoms with van der Waals surface area (Å²) >= 11 is 6.27. The third kappa shape index (κ3) is 2.15. The monoisotopic (exact) mass is 276 g/mol. The van der Waals surface area contributed by atoms with E-state index in [-0.39, 0.29) is 5.84 Å². The summed E-state index contributed by atoms with van der Waals surface area (Å²) in [6, 6.07) is 5.42. The molecule has 1 aliphatic rings. The van der Waals surface area contributed by atoms with E-state index in [0.717, 1.165) is 24.6 Å². The van der Waals surface area contributed by atoms with E-state index in [9.17, 15) is 0 Å². The highest BCUT2D eigenvalue weighted by Crippen LogP contribution is 2.29. The molecule has 7 heteroatoms. The van der Waals surface area contributed by atoms with Gasteiger partial charge in [-0.3, -0.25) is 5.41 Å². The number of aromatic nitrogens is 3. The first-order valence-electron chi connectivity index (χ1n) is 5.91. The van der Waals surface area contributed by atoms with E-state index < -0.39 is 0 Å². The highest BCUT2D eigenvalue weighted by molar-refractivity contribution is 6.33. The minimum Gasteiger partial charge on any atom is -0.384 e. The van der Waals surface area contributed by atoms with Crippen molar-refractivity contribution < 1.29 is 0 Å². The summed E-state index contributed by atoms with van der Waals surface area (Å²) in [6.45, 7) is 2.37. The Balaban J connectivity index is 1.90.